The molecule has 0 spiro atoms. The van der Waals surface area contributed by atoms with Crippen molar-refractivity contribution in [3.05, 3.63) is 45.6 Å². The Morgan fingerprint density at radius 2 is 1.92 bits per heavy atom. The van der Waals surface area contributed by atoms with Gasteiger partial charge in [0, 0.05) is 38.1 Å². The highest BCUT2D eigenvalue weighted by molar-refractivity contribution is 5.30. The molecule has 1 saturated heterocycles. The quantitative estimate of drug-likeness (QED) is 0.860. The fraction of sp³-hybridized carbons (Fsp3) is 0.556. The molecule has 126 valence electrons. The van der Waals surface area contributed by atoms with Crippen molar-refractivity contribution in [3.8, 4) is 0 Å². The third-order valence-corrected chi connectivity index (χ3v) is 5.12. The Hall–Kier alpha value is -2.24. The minimum atomic E-state index is 0.0555. The monoisotopic (exact) mass is 325 g/mol. The van der Waals surface area contributed by atoms with Crippen molar-refractivity contribution in [2.45, 2.75) is 45.6 Å². The molecule has 1 aliphatic carbocycles. The predicted octanol–water partition coefficient (Wildman–Crippen LogP) is 1.75. The van der Waals surface area contributed by atoms with Crippen molar-refractivity contribution >= 4 is 5.95 Å². The van der Waals surface area contributed by atoms with Crippen LogP contribution in [0.1, 0.15) is 36.1 Å². The Balaban J connectivity index is 1.40. The van der Waals surface area contributed by atoms with E-state index in [4.69, 9.17) is 0 Å². The van der Waals surface area contributed by atoms with E-state index in [1.807, 2.05) is 19.3 Å². The van der Waals surface area contributed by atoms with E-state index >= 15 is 0 Å². The fourth-order valence-electron chi connectivity index (χ4n) is 3.68. The van der Waals surface area contributed by atoms with E-state index in [2.05, 4.69) is 20.0 Å². The van der Waals surface area contributed by atoms with E-state index in [9.17, 15) is 4.79 Å². The van der Waals surface area contributed by atoms with Crippen LogP contribution in [0.5, 0.6) is 0 Å². The van der Waals surface area contributed by atoms with Crippen LogP contribution in [-0.4, -0.2) is 32.8 Å². The first kappa shape index (κ1) is 15.3. The minimum absolute atomic E-state index is 0.0555. The normalized spacial score (nSPS) is 18.0. The van der Waals surface area contributed by atoms with Gasteiger partial charge >= 0.3 is 0 Å². The summed E-state index contributed by atoms with van der Waals surface area (Å²) in [6.45, 7) is 4.60. The van der Waals surface area contributed by atoms with Crippen molar-refractivity contribution in [2.24, 2.45) is 5.92 Å². The van der Waals surface area contributed by atoms with E-state index in [1.165, 1.54) is 0 Å². The van der Waals surface area contributed by atoms with E-state index in [-0.39, 0.29) is 5.56 Å². The van der Waals surface area contributed by atoms with Crippen LogP contribution < -0.4 is 10.5 Å². The molecule has 1 fully saturated rings. The lowest BCUT2D eigenvalue weighted by Crippen LogP contribution is -2.37. The molecule has 0 bridgehead atoms. The summed E-state index contributed by atoms with van der Waals surface area (Å²) in [5.74, 6) is 1.31. The molecule has 0 atom stereocenters. The van der Waals surface area contributed by atoms with Crippen LogP contribution in [-0.2, 0) is 19.4 Å². The molecule has 2 aromatic rings. The highest BCUT2D eigenvalue weighted by Crippen LogP contribution is 2.22. The Morgan fingerprint density at radius 1 is 1.17 bits per heavy atom. The molecular weight excluding hydrogens is 302 g/mol. The van der Waals surface area contributed by atoms with Gasteiger partial charge in [0.2, 0.25) is 5.95 Å². The highest BCUT2D eigenvalue weighted by Gasteiger charge is 2.23. The molecular formula is C18H23N5O. The molecule has 0 aromatic carbocycles. The van der Waals surface area contributed by atoms with Gasteiger partial charge in [0.05, 0.1) is 5.69 Å². The minimum Gasteiger partial charge on any atom is -0.341 e. The standard InChI is InChI=1S/C18H23N5O/c1-13-10-19-18(20-11-13)22-7-5-14(6-8-22)12-23-17(24)9-15-3-2-4-16(15)21-23/h9-11,14H,2-8,12H2,1H3. The third kappa shape index (κ3) is 3.05. The first-order valence-electron chi connectivity index (χ1n) is 8.82. The SMILES string of the molecule is Cc1cnc(N2CCC(Cn3nc4c(cc3=O)CCC4)CC2)nc1. The van der Waals surface area contributed by atoms with Crippen molar-refractivity contribution in [2.75, 3.05) is 18.0 Å². The van der Waals surface area contributed by atoms with Crippen molar-refractivity contribution in [3.63, 3.8) is 0 Å². The Labute approximate surface area is 141 Å². The molecule has 6 heteroatoms. The van der Waals surface area contributed by atoms with Gasteiger partial charge in [-0.2, -0.15) is 5.10 Å². The van der Waals surface area contributed by atoms with Crippen LogP contribution in [0.25, 0.3) is 0 Å². The molecule has 0 amide bonds. The second kappa shape index (κ2) is 6.34. The lowest BCUT2D eigenvalue weighted by molar-refractivity contribution is 0.332. The van der Waals surface area contributed by atoms with E-state index in [0.29, 0.717) is 5.92 Å². The van der Waals surface area contributed by atoms with Crippen LogP contribution in [0.4, 0.5) is 5.95 Å². The fourth-order valence-corrected chi connectivity index (χ4v) is 3.68. The molecule has 24 heavy (non-hydrogen) atoms. The zero-order valence-corrected chi connectivity index (χ0v) is 14.1. The van der Waals surface area contributed by atoms with Gasteiger partial charge in [-0.05, 0) is 56.1 Å². The molecule has 1 aliphatic heterocycles. The van der Waals surface area contributed by atoms with Gasteiger partial charge in [0.25, 0.3) is 5.56 Å². The van der Waals surface area contributed by atoms with Crippen LogP contribution in [0, 0.1) is 12.8 Å². The molecule has 6 nitrogen and oxygen atoms in total. The Bertz CT molecular complexity index is 775. The number of hydrogen-bond acceptors (Lipinski definition) is 5. The number of piperidine rings is 1. The summed E-state index contributed by atoms with van der Waals surface area (Å²) >= 11 is 0. The molecule has 4 rings (SSSR count). The van der Waals surface area contributed by atoms with Gasteiger partial charge in [0.1, 0.15) is 0 Å². The summed E-state index contributed by atoms with van der Waals surface area (Å²) in [4.78, 5) is 23.3. The van der Waals surface area contributed by atoms with Gasteiger partial charge in [-0.15, -0.1) is 0 Å². The number of rotatable bonds is 3. The Morgan fingerprint density at radius 3 is 2.67 bits per heavy atom. The predicted molar refractivity (Wildman–Crippen MR) is 92.2 cm³/mol. The summed E-state index contributed by atoms with van der Waals surface area (Å²) < 4.78 is 1.69. The first-order valence-corrected chi connectivity index (χ1v) is 8.82. The maximum absolute atomic E-state index is 12.2. The smallest absolute Gasteiger partial charge is 0.267 e. The van der Waals surface area contributed by atoms with Crippen LogP contribution in [0.15, 0.2) is 23.3 Å². The summed E-state index contributed by atoms with van der Waals surface area (Å²) in [6, 6.07) is 1.80. The van der Waals surface area contributed by atoms with Gasteiger partial charge < -0.3 is 4.90 Å². The van der Waals surface area contributed by atoms with Gasteiger partial charge in [-0.3, -0.25) is 4.79 Å². The van der Waals surface area contributed by atoms with E-state index in [0.717, 1.165) is 74.5 Å². The number of anilines is 1. The number of fused-ring (bicyclic) bond motifs is 1. The zero-order chi connectivity index (χ0) is 16.5. The van der Waals surface area contributed by atoms with E-state index < -0.39 is 0 Å². The van der Waals surface area contributed by atoms with Crippen molar-refractivity contribution < 1.29 is 0 Å². The Kier molecular flexibility index (Phi) is 4.04. The zero-order valence-electron chi connectivity index (χ0n) is 14.1. The second-order valence-corrected chi connectivity index (χ2v) is 6.98. The van der Waals surface area contributed by atoms with Crippen LogP contribution in [0.3, 0.4) is 0 Å². The second-order valence-electron chi connectivity index (χ2n) is 6.98. The number of aryl methyl sites for hydroxylation is 3. The molecule has 2 aliphatic rings. The summed E-state index contributed by atoms with van der Waals surface area (Å²) in [5, 5.41) is 4.60. The largest absolute Gasteiger partial charge is 0.341 e. The summed E-state index contributed by atoms with van der Waals surface area (Å²) in [6.07, 6.45) is 8.96. The topological polar surface area (TPSA) is 63.9 Å². The summed E-state index contributed by atoms with van der Waals surface area (Å²) in [7, 11) is 0. The van der Waals surface area contributed by atoms with Crippen LogP contribution >= 0.6 is 0 Å². The highest BCUT2D eigenvalue weighted by atomic mass is 16.1. The van der Waals surface area contributed by atoms with Gasteiger partial charge in [0.15, 0.2) is 0 Å². The number of aromatic nitrogens is 4. The number of nitrogens with zero attached hydrogens (tertiary/aromatic N) is 5. The van der Waals surface area contributed by atoms with E-state index in [1.54, 1.807) is 10.7 Å². The average molecular weight is 325 g/mol. The van der Waals surface area contributed by atoms with Crippen molar-refractivity contribution in [1.82, 2.24) is 19.7 Å². The van der Waals surface area contributed by atoms with Crippen molar-refractivity contribution in [1.29, 1.82) is 0 Å². The van der Waals surface area contributed by atoms with Gasteiger partial charge in [-0.25, -0.2) is 14.6 Å². The lowest BCUT2D eigenvalue weighted by atomic mass is 9.97. The lowest BCUT2D eigenvalue weighted by Gasteiger charge is -2.32. The molecule has 0 saturated carbocycles. The molecule has 0 unspecified atom stereocenters. The average Bonchev–Trinajstić information content (AvgIpc) is 3.04. The maximum Gasteiger partial charge on any atom is 0.267 e. The number of hydrogen-bond donors (Lipinski definition) is 0. The molecule has 3 heterocycles. The maximum atomic E-state index is 12.2. The third-order valence-electron chi connectivity index (χ3n) is 5.12. The van der Waals surface area contributed by atoms with Crippen LogP contribution in [0.2, 0.25) is 0 Å². The molecule has 0 N–H and O–H groups in total. The van der Waals surface area contributed by atoms with Gasteiger partial charge in [-0.1, -0.05) is 0 Å². The summed E-state index contributed by atoms with van der Waals surface area (Å²) in [5.41, 5.74) is 3.42. The molecule has 2 aromatic heterocycles. The molecule has 0 radical (unpaired) electrons. The first-order chi connectivity index (χ1) is 11.7.